The van der Waals surface area contributed by atoms with Crippen LogP contribution >= 0.6 is 0 Å². The molecule has 0 aliphatic carbocycles. The normalized spacial score (nSPS) is 11.1. The Balaban J connectivity index is 2.61. The molecule has 2 aromatic rings. The van der Waals surface area contributed by atoms with Gasteiger partial charge in [-0.25, -0.2) is 9.97 Å². The van der Waals surface area contributed by atoms with Crippen LogP contribution in [0.1, 0.15) is 24.0 Å². The van der Waals surface area contributed by atoms with Crippen molar-refractivity contribution < 1.29 is 0 Å². The van der Waals surface area contributed by atoms with E-state index in [1.54, 1.807) is 0 Å². The molecule has 0 aliphatic heterocycles. The minimum absolute atomic E-state index is 0.765. The highest BCUT2D eigenvalue weighted by atomic mass is 14.9. The molecule has 0 radical (unpaired) electrons. The van der Waals surface area contributed by atoms with Crippen molar-refractivity contribution in [1.82, 2.24) is 9.97 Å². The lowest BCUT2D eigenvalue weighted by Gasteiger charge is -2.09. The summed E-state index contributed by atoms with van der Waals surface area (Å²) in [6.07, 6.45) is 1.87. The van der Waals surface area contributed by atoms with Gasteiger partial charge in [-0.05, 0) is 20.8 Å². The molecule has 3 nitrogen and oxygen atoms in total. The number of hydrogen-bond acceptors (Lipinski definition) is 3. The molecule has 0 fully saturated rings. The van der Waals surface area contributed by atoms with Gasteiger partial charge in [-0.2, -0.15) is 0 Å². The maximum absolute atomic E-state index is 4.55. The highest BCUT2D eigenvalue weighted by Gasteiger charge is 2.09. The molecule has 0 saturated heterocycles. The quantitative estimate of drug-likeness (QED) is 0.771. The molecule has 0 aliphatic rings. The highest BCUT2D eigenvalue weighted by molar-refractivity contribution is 5.89. The number of rotatable bonds is 3. The Labute approximate surface area is 108 Å². The summed E-state index contributed by atoms with van der Waals surface area (Å²) >= 11 is 0. The maximum Gasteiger partial charge on any atom is 0.126 e. The molecule has 0 unspecified atom stereocenters. The third-order valence-electron chi connectivity index (χ3n) is 2.70. The van der Waals surface area contributed by atoms with Crippen LogP contribution < -0.4 is 0 Å². The summed E-state index contributed by atoms with van der Waals surface area (Å²) < 4.78 is 0. The summed E-state index contributed by atoms with van der Waals surface area (Å²) in [6, 6.07) is 10.2. The second-order valence-electron chi connectivity index (χ2n) is 4.11. The highest BCUT2D eigenvalue weighted by Crippen LogP contribution is 2.22. The van der Waals surface area contributed by atoms with E-state index in [0.29, 0.717) is 0 Å². The molecular weight excluding hydrogens is 222 g/mol. The van der Waals surface area contributed by atoms with Gasteiger partial charge >= 0.3 is 0 Å². The largest absolute Gasteiger partial charge is 0.293 e. The average Bonchev–Trinajstić information content (AvgIpc) is 2.38. The first-order chi connectivity index (χ1) is 8.72. The van der Waals surface area contributed by atoms with Crippen LogP contribution in [0.15, 0.2) is 35.3 Å². The lowest BCUT2D eigenvalue weighted by Crippen LogP contribution is -2.02. The maximum atomic E-state index is 4.55. The monoisotopic (exact) mass is 239 g/mol. The van der Waals surface area contributed by atoms with Gasteiger partial charge in [0.2, 0.25) is 0 Å². The first-order valence-corrected chi connectivity index (χ1v) is 6.13. The molecule has 1 aromatic heterocycles. The lowest BCUT2D eigenvalue weighted by molar-refractivity contribution is 1.01. The number of nitrogens with zero attached hydrogens (tertiary/aromatic N) is 3. The van der Waals surface area contributed by atoms with Crippen LogP contribution in [0.4, 0.5) is 0 Å². The molecule has 1 heterocycles. The van der Waals surface area contributed by atoms with Crippen molar-refractivity contribution in [2.45, 2.75) is 20.8 Å². The standard InChI is InChI=1S/C15H17N3/c1-4-16-10-14-11(2)17-12(3)18-15(14)13-8-6-5-7-9-13/h5-10H,4H2,1-3H3. The predicted molar refractivity (Wildman–Crippen MR) is 75.1 cm³/mol. The summed E-state index contributed by atoms with van der Waals surface area (Å²) in [5, 5.41) is 0. The summed E-state index contributed by atoms with van der Waals surface area (Å²) in [6.45, 7) is 6.70. The Morgan fingerprint density at radius 3 is 2.50 bits per heavy atom. The molecule has 0 atom stereocenters. The van der Waals surface area contributed by atoms with Crippen LogP contribution in [0.5, 0.6) is 0 Å². The van der Waals surface area contributed by atoms with Gasteiger partial charge in [0.1, 0.15) is 5.82 Å². The minimum Gasteiger partial charge on any atom is -0.293 e. The number of aliphatic imine (C=N–C) groups is 1. The van der Waals surface area contributed by atoms with E-state index >= 15 is 0 Å². The summed E-state index contributed by atoms with van der Waals surface area (Å²) in [5.74, 6) is 0.792. The van der Waals surface area contributed by atoms with Gasteiger partial charge in [-0.3, -0.25) is 4.99 Å². The topological polar surface area (TPSA) is 38.1 Å². The molecule has 18 heavy (non-hydrogen) atoms. The fourth-order valence-electron chi connectivity index (χ4n) is 1.87. The van der Waals surface area contributed by atoms with Crippen LogP contribution in [-0.4, -0.2) is 22.7 Å². The van der Waals surface area contributed by atoms with Crippen molar-refractivity contribution in [1.29, 1.82) is 0 Å². The van der Waals surface area contributed by atoms with E-state index < -0.39 is 0 Å². The van der Waals surface area contributed by atoms with Gasteiger partial charge in [0.25, 0.3) is 0 Å². The Bertz CT molecular complexity index is 559. The SMILES string of the molecule is CCN=Cc1c(C)nc(C)nc1-c1ccccc1. The van der Waals surface area contributed by atoms with Crippen LogP contribution in [-0.2, 0) is 0 Å². The van der Waals surface area contributed by atoms with Crippen molar-refractivity contribution in [3.63, 3.8) is 0 Å². The number of aryl methyl sites for hydroxylation is 2. The average molecular weight is 239 g/mol. The van der Waals surface area contributed by atoms with E-state index in [4.69, 9.17) is 0 Å². The lowest BCUT2D eigenvalue weighted by atomic mass is 10.1. The van der Waals surface area contributed by atoms with Crippen LogP contribution in [0, 0.1) is 13.8 Å². The first kappa shape index (κ1) is 12.4. The fraction of sp³-hybridized carbons (Fsp3) is 0.267. The van der Waals surface area contributed by atoms with Gasteiger partial charge in [0.15, 0.2) is 0 Å². The molecule has 0 saturated carbocycles. The second kappa shape index (κ2) is 5.54. The van der Waals surface area contributed by atoms with Gasteiger partial charge in [-0.1, -0.05) is 30.3 Å². The van der Waals surface area contributed by atoms with Gasteiger partial charge in [0, 0.05) is 23.9 Å². The van der Waals surface area contributed by atoms with E-state index in [1.165, 1.54) is 0 Å². The Morgan fingerprint density at radius 2 is 1.83 bits per heavy atom. The number of aromatic nitrogens is 2. The molecule has 3 heteroatoms. The molecule has 0 amide bonds. The van der Waals surface area contributed by atoms with E-state index in [2.05, 4.69) is 27.1 Å². The van der Waals surface area contributed by atoms with Crippen molar-refractivity contribution in [2.75, 3.05) is 6.54 Å². The zero-order valence-electron chi connectivity index (χ0n) is 11.0. The fourth-order valence-corrected chi connectivity index (χ4v) is 1.87. The molecule has 1 aromatic carbocycles. The van der Waals surface area contributed by atoms with Gasteiger partial charge in [-0.15, -0.1) is 0 Å². The Hall–Kier alpha value is -2.03. The Kier molecular flexibility index (Phi) is 3.82. The van der Waals surface area contributed by atoms with E-state index in [1.807, 2.05) is 45.2 Å². The van der Waals surface area contributed by atoms with E-state index in [-0.39, 0.29) is 0 Å². The number of benzene rings is 1. The van der Waals surface area contributed by atoms with Crippen molar-refractivity contribution in [3.05, 3.63) is 47.4 Å². The van der Waals surface area contributed by atoms with E-state index in [9.17, 15) is 0 Å². The molecule has 92 valence electrons. The van der Waals surface area contributed by atoms with Crippen LogP contribution in [0.2, 0.25) is 0 Å². The zero-order chi connectivity index (χ0) is 13.0. The smallest absolute Gasteiger partial charge is 0.126 e. The van der Waals surface area contributed by atoms with Crippen LogP contribution in [0.3, 0.4) is 0 Å². The summed E-state index contributed by atoms with van der Waals surface area (Å²) in [4.78, 5) is 13.3. The molecule has 2 rings (SSSR count). The van der Waals surface area contributed by atoms with Crippen LogP contribution in [0.25, 0.3) is 11.3 Å². The molecule has 0 N–H and O–H groups in total. The molecule has 0 bridgehead atoms. The second-order valence-corrected chi connectivity index (χ2v) is 4.11. The van der Waals surface area contributed by atoms with E-state index in [0.717, 1.165) is 34.9 Å². The molecule has 0 spiro atoms. The van der Waals surface area contributed by atoms with Crippen molar-refractivity contribution >= 4 is 6.21 Å². The number of hydrogen-bond donors (Lipinski definition) is 0. The summed E-state index contributed by atoms with van der Waals surface area (Å²) in [5.41, 5.74) is 4.04. The summed E-state index contributed by atoms with van der Waals surface area (Å²) in [7, 11) is 0. The Morgan fingerprint density at radius 1 is 1.11 bits per heavy atom. The molecular formula is C15H17N3. The third kappa shape index (κ3) is 2.62. The predicted octanol–water partition coefficient (Wildman–Crippen LogP) is 3.20. The first-order valence-electron chi connectivity index (χ1n) is 6.13. The third-order valence-corrected chi connectivity index (χ3v) is 2.70. The van der Waals surface area contributed by atoms with Crippen molar-refractivity contribution in [2.24, 2.45) is 4.99 Å². The van der Waals surface area contributed by atoms with Gasteiger partial charge in [0.05, 0.1) is 11.4 Å². The minimum atomic E-state index is 0.765. The van der Waals surface area contributed by atoms with Gasteiger partial charge < -0.3 is 0 Å². The zero-order valence-corrected chi connectivity index (χ0v) is 11.0. The van der Waals surface area contributed by atoms with Crippen molar-refractivity contribution in [3.8, 4) is 11.3 Å².